The molecule has 0 aliphatic heterocycles. The van der Waals surface area contributed by atoms with Gasteiger partial charge in [-0.1, -0.05) is 24.3 Å². The molecule has 0 fully saturated rings. The second-order valence-electron chi connectivity index (χ2n) is 4.76. The van der Waals surface area contributed by atoms with Crippen LogP contribution in [0.2, 0.25) is 0 Å². The number of hydrogen-bond donors (Lipinski definition) is 2. The lowest BCUT2D eigenvalue weighted by atomic mass is 10.1. The molecule has 3 N–H and O–H groups in total. The molecule has 1 aromatic heterocycles. The second-order valence-corrected chi connectivity index (χ2v) is 6.53. The van der Waals surface area contributed by atoms with E-state index in [1.807, 2.05) is 31.2 Å². The van der Waals surface area contributed by atoms with Gasteiger partial charge in [-0.2, -0.15) is 0 Å². The van der Waals surface area contributed by atoms with E-state index in [2.05, 4.69) is 9.71 Å². The summed E-state index contributed by atoms with van der Waals surface area (Å²) in [6, 6.07) is 11.1. The van der Waals surface area contributed by atoms with E-state index in [1.165, 1.54) is 12.3 Å². The van der Waals surface area contributed by atoms with Gasteiger partial charge in [0.25, 0.3) is 0 Å². The first-order valence-corrected chi connectivity index (χ1v) is 8.20. The molecular weight excluding hydrogens is 286 g/mol. The summed E-state index contributed by atoms with van der Waals surface area (Å²) in [6.07, 6.45) is 1.98. The van der Waals surface area contributed by atoms with E-state index in [-0.39, 0.29) is 4.90 Å². The van der Waals surface area contributed by atoms with E-state index in [1.54, 1.807) is 6.07 Å². The monoisotopic (exact) mass is 305 g/mol. The highest BCUT2D eigenvalue weighted by Gasteiger charge is 2.13. The van der Waals surface area contributed by atoms with Crippen molar-refractivity contribution in [3.8, 4) is 0 Å². The summed E-state index contributed by atoms with van der Waals surface area (Å²) in [5.41, 5.74) is 8.40. The van der Waals surface area contributed by atoms with Crippen LogP contribution in [0.15, 0.2) is 47.5 Å². The molecular formula is C15H19N3O2S. The molecule has 6 heteroatoms. The Labute approximate surface area is 125 Å². The third-order valence-corrected chi connectivity index (χ3v) is 4.71. The number of hydrogen-bond acceptors (Lipinski definition) is 4. The van der Waals surface area contributed by atoms with Crippen LogP contribution in [0.3, 0.4) is 0 Å². The Bertz CT molecular complexity index is 697. The molecule has 2 rings (SSSR count). The van der Waals surface area contributed by atoms with Crippen LogP contribution >= 0.6 is 0 Å². The molecule has 0 saturated heterocycles. The normalized spacial score (nSPS) is 11.5. The highest BCUT2D eigenvalue weighted by atomic mass is 32.2. The Morgan fingerprint density at radius 3 is 2.57 bits per heavy atom. The fraction of sp³-hybridized carbons (Fsp3) is 0.267. The summed E-state index contributed by atoms with van der Waals surface area (Å²) >= 11 is 0. The summed E-state index contributed by atoms with van der Waals surface area (Å²) < 4.78 is 26.8. The van der Waals surface area contributed by atoms with Crippen molar-refractivity contribution in [2.45, 2.75) is 24.8 Å². The molecule has 5 nitrogen and oxygen atoms in total. The van der Waals surface area contributed by atoms with Gasteiger partial charge in [0.05, 0.1) is 5.69 Å². The van der Waals surface area contributed by atoms with E-state index in [0.29, 0.717) is 25.2 Å². The fourth-order valence-electron chi connectivity index (χ4n) is 1.98. The van der Waals surface area contributed by atoms with Gasteiger partial charge >= 0.3 is 0 Å². The minimum Gasteiger partial charge on any atom is -0.325 e. The summed E-state index contributed by atoms with van der Waals surface area (Å²) in [5.74, 6) is 0. The zero-order valence-corrected chi connectivity index (χ0v) is 12.7. The maximum absolute atomic E-state index is 12.1. The smallest absolute Gasteiger partial charge is 0.242 e. The van der Waals surface area contributed by atoms with Crippen molar-refractivity contribution in [2.24, 2.45) is 5.73 Å². The summed E-state index contributed by atoms with van der Waals surface area (Å²) in [6.45, 7) is 2.66. The third kappa shape index (κ3) is 4.10. The molecule has 0 amide bonds. The maximum atomic E-state index is 12.1. The molecule has 0 aliphatic carbocycles. The first-order chi connectivity index (χ1) is 10.0. The first-order valence-electron chi connectivity index (χ1n) is 6.72. The number of rotatable bonds is 6. The van der Waals surface area contributed by atoms with Crippen LogP contribution in [-0.2, 0) is 23.0 Å². The highest BCUT2D eigenvalue weighted by molar-refractivity contribution is 7.89. The van der Waals surface area contributed by atoms with Crippen LogP contribution in [0.25, 0.3) is 0 Å². The van der Waals surface area contributed by atoms with E-state index in [9.17, 15) is 8.42 Å². The molecule has 0 spiro atoms. The Kier molecular flexibility index (Phi) is 5.06. The predicted octanol–water partition coefficient (Wildman–Crippen LogP) is 1.37. The van der Waals surface area contributed by atoms with Gasteiger partial charge in [-0.25, -0.2) is 13.1 Å². The van der Waals surface area contributed by atoms with Crippen LogP contribution in [0, 0.1) is 6.92 Å². The van der Waals surface area contributed by atoms with Crippen molar-refractivity contribution in [2.75, 3.05) is 6.54 Å². The van der Waals surface area contributed by atoms with E-state index >= 15 is 0 Å². The molecule has 0 bridgehead atoms. The Morgan fingerprint density at radius 1 is 1.19 bits per heavy atom. The van der Waals surface area contributed by atoms with Crippen molar-refractivity contribution < 1.29 is 8.42 Å². The van der Waals surface area contributed by atoms with Gasteiger partial charge in [-0.15, -0.1) is 0 Å². The lowest BCUT2D eigenvalue weighted by Gasteiger charge is -2.08. The van der Waals surface area contributed by atoms with Gasteiger partial charge < -0.3 is 5.73 Å². The van der Waals surface area contributed by atoms with Crippen molar-refractivity contribution in [1.82, 2.24) is 9.71 Å². The number of aryl methyl sites for hydroxylation is 1. The van der Waals surface area contributed by atoms with Gasteiger partial charge in [-0.05, 0) is 36.6 Å². The molecule has 0 atom stereocenters. The zero-order chi connectivity index (χ0) is 15.3. The molecule has 0 radical (unpaired) electrons. The van der Waals surface area contributed by atoms with Crippen LogP contribution < -0.4 is 10.5 Å². The minimum absolute atomic E-state index is 0.157. The van der Waals surface area contributed by atoms with Crippen molar-refractivity contribution in [3.63, 3.8) is 0 Å². The number of nitrogens with one attached hydrogen (secondary N) is 1. The molecule has 1 aromatic carbocycles. The van der Waals surface area contributed by atoms with E-state index in [0.717, 1.165) is 11.1 Å². The zero-order valence-electron chi connectivity index (χ0n) is 11.9. The summed E-state index contributed by atoms with van der Waals surface area (Å²) in [4.78, 5) is 4.16. The lowest BCUT2D eigenvalue weighted by Crippen LogP contribution is -2.26. The number of pyridine rings is 1. The third-order valence-electron chi connectivity index (χ3n) is 3.26. The number of nitrogens with zero attached hydrogens (tertiary/aromatic N) is 1. The lowest BCUT2D eigenvalue weighted by molar-refractivity contribution is 0.581. The molecule has 1 heterocycles. The van der Waals surface area contributed by atoms with E-state index in [4.69, 9.17) is 5.73 Å². The highest BCUT2D eigenvalue weighted by Crippen LogP contribution is 2.10. The topological polar surface area (TPSA) is 85.1 Å². The molecule has 0 aliphatic rings. The number of benzene rings is 1. The molecule has 0 saturated carbocycles. The number of nitrogens with two attached hydrogens (primary N) is 1. The quantitative estimate of drug-likeness (QED) is 0.844. The number of sulfonamides is 1. The average molecular weight is 305 g/mol. The second kappa shape index (κ2) is 6.80. The van der Waals surface area contributed by atoms with Crippen LogP contribution in [0.5, 0.6) is 0 Å². The Balaban J connectivity index is 1.99. The standard InChI is InChI=1S/C15H19N3O2S/c1-12-4-2-3-5-13(12)8-9-18-21(19,20)15-7-6-14(10-16)17-11-15/h2-7,11,18H,8-10,16H2,1H3. The molecule has 112 valence electrons. The minimum atomic E-state index is -3.52. The maximum Gasteiger partial charge on any atom is 0.242 e. The average Bonchev–Trinajstić information content (AvgIpc) is 2.49. The van der Waals surface area contributed by atoms with Gasteiger partial charge in [-0.3, -0.25) is 4.98 Å². The molecule has 2 aromatic rings. The fourth-order valence-corrected chi connectivity index (χ4v) is 2.96. The Hall–Kier alpha value is -1.76. The van der Waals surface area contributed by atoms with Gasteiger partial charge in [0.15, 0.2) is 0 Å². The summed E-state index contributed by atoms with van der Waals surface area (Å²) in [5, 5.41) is 0. The van der Waals surface area contributed by atoms with Crippen LogP contribution in [-0.4, -0.2) is 19.9 Å². The van der Waals surface area contributed by atoms with Gasteiger partial charge in [0.2, 0.25) is 10.0 Å². The molecule has 0 unspecified atom stereocenters. The summed E-state index contributed by atoms with van der Waals surface area (Å²) in [7, 11) is -3.52. The number of aromatic nitrogens is 1. The van der Waals surface area contributed by atoms with Crippen molar-refractivity contribution >= 4 is 10.0 Å². The van der Waals surface area contributed by atoms with Crippen LogP contribution in [0.4, 0.5) is 0 Å². The van der Waals surface area contributed by atoms with Crippen LogP contribution in [0.1, 0.15) is 16.8 Å². The van der Waals surface area contributed by atoms with Gasteiger partial charge in [0, 0.05) is 19.3 Å². The van der Waals surface area contributed by atoms with E-state index < -0.39 is 10.0 Å². The van der Waals surface area contributed by atoms with Crippen molar-refractivity contribution in [1.29, 1.82) is 0 Å². The predicted molar refractivity (Wildman–Crippen MR) is 82.2 cm³/mol. The molecule has 21 heavy (non-hydrogen) atoms. The first kappa shape index (κ1) is 15.6. The van der Waals surface area contributed by atoms with Crippen molar-refractivity contribution in [3.05, 3.63) is 59.4 Å². The Morgan fingerprint density at radius 2 is 1.95 bits per heavy atom. The SMILES string of the molecule is Cc1ccccc1CCNS(=O)(=O)c1ccc(CN)nc1. The van der Waals surface area contributed by atoms with Gasteiger partial charge in [0.1, 0.15) is 4.90 Å². The largest absolute Gasteiger partial charge is 0.325 e.